The first-order valence-corrected chi connectivity index (χ1v) is 10.1. The number of anilines is 2. The first kappa shape index (κ1) is 20.4. The van der Waals surface area contributed by atoms with E-state index in [0.717, 1.165) is 22.5 Å². The number of nitro groups is 1. The fraction of sp³-hybridized carbons (Fsp3) is 0.278. The van der Waals surface area contributed by atoms with Crippen LogP contribution in [0.4, 0.5) is 17.1 Å². The standard InChI is InChI=1S/C18H21N3O5S/c1-4-14-8-10-15(11-9-14)19-18(22)12-20(27(3,25)26)16-6-5-7-17(13(16)2)21(23)24/h5-11H,4,12H2,1-3H3,(H,19,22). The normalized spacial score (nSPS) is 11.1. The molecule has 0 saturated carbocycles. The lowest BCUT2D eigenvalue weighted by Crippen LogP contribution is -2.38. The van der Waals surface area contributed by atoms with Gasteiger partial charge in [0.1, 0.15) is 6.54 Å². The van der Waals surface area contributed by atoms with E-state index in [9.17, 15) is 23.3 Å². The number of sulfonamides is 1. The summed E-state index contributed by atoms with van der Waals surface area (Å²) in [5.41, 5.74) is 1.72. The van der Waals surface area contributed by atoms with Crippen LogP contribution in [0.2, 0.25) is 0 Å². The lowest BCUT2D eigenvalue weighted by molar-refractivity contribution is -0.385. The fourth-order valence-electron chi connectivity index (χ4n) is 2.62. The number of carbonyl (C=O) groups excluding carboxylic acids is 1. The van der Waals surface area contributed by atoms with Crippen molar-refractivity contribution in [1.82, 2.24) is 0 Å². The maximum absolute atomic E-state index is 12.4. The highest BCUT2D eigenvalue weighted by molar-refractivity contribution is 7.92. The summed E-state index contributed by atoms with van der Waals surface area (Å²) in [5, 5.41) is 13.8. The molecule has 0 saturated heterocycles. The van der Waals surface area contributed by atoms with Crippen molar-refractivity contribution >= 4 is 33.0 Å². The predicted octanol–water partition coefficient (Wildman–Crippen LogP) is 2.87. The molecule has 0 unspecified atom stereocenters. The molecule has 0 radical (unpaired) electrons. The molecule has 144 valence electrons. The van der Waals surface area contributed by atoms with Gasteiger partial charge in [-0.3, -0.25) is 19.2 Å². The zero-order valence-electron chi connectivity index (χ0n) is 15.3. The molecule has 2 aromatic carbocycles. The Bertz CT molecular complexity index is 955. The van der Waals surface area contributed by atoms with Crippen molar-refractivity contribution in [2.24, 2.45) is 0 Å². The molecule has 2 rings (SSSR count). The molecule has 0 aliphatic heterocycles. The quantitative estimate of drug-likeness (QED) is 0.576. The average molecular weight is 391 g/mol. The van der Waals surface area contributed by atoms with Gasteiger partial charge in [0.05, 0.1) is 22.4 Å². The first-order valence-electron chi connectivity index (χ1n) is 8.24. The van der Waals surface area contributed by atoms with E-state index in [1.54, 1.807) is 12.1 Å². The molecule has 0 bridgehead atoms. The summed E-state index contributed by atoms with van der Waals surface area (Å²) in [5.74, 6) is -0.546. The van der Waals surface area contributed by atoms with Gasteiger partial charge in [-0.15, -0.1) is 0 Å². The van der Waals surface area contributed by atoms with E-state index in [1.807, 2.05) is 19.1 Å². The Morgan fingerprint density at radius 1 is 1.19 bits per heavy atom. The van der Waals surface area contributed by atoms with Crippen molar-refractivity contribution < 1.29 is 18.1 Å². The van der Waals surface area contributed by atoms with Crippen LogP contribution in [-0.2, 0) is 21.2 Å². The number of hydrogen-bond acceptors (Lipinski definition) is 5. The molecule has 0 aromatic heterocycles. The lowest BCUT2D eigenvalue weighted by Gasteiger charge is -2.23. The van der Waals surface area contributed by atoms with Crippen molar-refractivity contribution in [3.63, 3.8) is 0 Å². The van der Waals surface area contributed by atoms with Crippen molar-refractivity contribution in [2.45, 2.75) is 20.3 Å². The second kappa shape index (κ2) is 8.17. The first-order chi connectivity index (χ1) is 12.6. The van der Waals surface area contributed by atoms with Gasteiger partial charge in [-0.25, -0.2) is 8.42 Å². The number of hydrogen-bond donors (Lipinski definition) is 1. The third-order valence-electron chi connectivity index (χ3n) is 4.08. The van der Waals surface area contributed by atoms with E-state index in [1.165, 1.54) is 25.1 Å². The van der Waals surface area contributed by atoms with Gasteiger partial charge in [-0.2, -0.15) is 0 Å². The number of nitrogens with zero attached hydrogens (tertiary/aromatic N) is 2. The molecule has 9 heteroatoms. The van der Waals surface area contributed by atoms with E-state index in [2.05, 4.69) is 5.32 Å². The molecular formula is C18H21N3O5S. The second-order valence-corrected chi connectivity index (χ2v) is 7.95. The van der Waals surface area contributed by atoms with E-state index in [4.69, 9.17) is 0 Å². The fourth-order valence-corrected chi connectivity index (χ4v) is 3.52. The third-order valence-corrected chi connectivity index (χ3v) is 5.20. The largest absolute Gasteiger partial charge is 0.325 e. The molecule has 0 atom stereocenters. The van der Waals surface area contributed by atoms with Crippen LogP contribution in [0, 0.1) is 17.0 Å². The number of benzene rings is 2. The Labute approximate surface area is 158 Å². The predicted molar refractivity (Wildman–Crippen MR) is 104 cm³/mol. The molecule has 1 amide bonds. The molecular weight excluding hydrogens is 370 g/mol. The minimum atomic E-state index is -3.83. The van der Waals surface area contributed by atoms with Crippen molar-refractivity contribution in [3.8, 4) is 0 Å². The smallest absolute Gasteiger partial charge is 0.274 e. The molecule has 8 nitrogen and oxygen atoms in total. The zero-order valence-corrected chi connectivity index (χ0v) is 16.1. The number of aryl methyl sites for hydroxylation is 1. The van der Waals surface area contributed by atoms with Crippen LogP contribution >= 0.6 is 0 Å². The van der Waals surface area contributed by atoms with Crippen LogP contribution < -0.4 is 9.62 Å². The van der Waals surface area contributed by atoms with Gasteiger partial charge in [-0.1, -0.05) is 25.1 Å². The highest BCUT2D eigenvalue weighted by Crippen LogP contribution is 2.29. The number of nitrogens with one attached hydrogen (secondary N) is 1. The van der Waals surface area contributed by atoms with Crippen LogP contribution in [-0.4, -0.2) is 32.0 Å². The Morgan fingerprint density at radius 2 is 1.81 bits per heavy atom. The Hall–Kier alpha value is -2.94. The van der Waals surface area contributed by atoms with Crippen LogP contribution in [0.15, 0.2) is 42.5 Å². The minimum absolute atomic E-state index is 0.100. The molecule has 27 heavy (non-hydrogen) atoms. The molecule has 0 aliphatic rings. The number of nitro benzene ring substituents is 1. The van der Waals surface area contributed by atoms with Gasteiger partial charge in [0.15, 0.2) is 0 Å². The Kier molecular flexibility index (Phi) is 6.17. The minimum Gasteiger partial charge on any atom is -0.325 e. The van der Waals surface area contributed by atoms with Crippen LogP contribution in [0.25, 0.3) is 0 Å². The number of carbonyl (C=O) groups is 1. The Balaban J connectivity index is 2.29. The Morgan fingerprint density at radius 3 is 2.33 bits per heavy atom. The summed E-state index contributed by atoms with van der Waals surface area (Å²) < 4.78 is 25.3. The van der Waals surface area contributed by atoms with Crippen molar-refractivity contribution in [3.05, 3.63) is 63.7 Å². The van der Waals surface area contributed by atoms with E-state index in [0.29, 0.717) is 5.69 Å². The molecule has 0 aliphatic carbocycles. The van der Waals surface area contributed by atoms with Gasteiger partial charge in [-0.05, 0) is 37.1 Å². The highest BCUT2D eigenvalue weighted by atomic mass is 32.2. The van der Waals surface area contributed by atoms with Gasteiger partial charge in [0.2, 0.25) is 15.9 Å². The number of rotatable bonds is 7. The van der Waals surface area contributed by atoms with Crippen LogP contribution in [0.3, 0.4) is 0 Å². The van der Waals surface area contributed by atoms with Crippen LogP contribution in [0.1, 0.15) is 18.1 Å². The lowest BCUT2D eigenvalue weighted by atomic mass is 10.1. The van der Waals surface area contributed by atoms with Crippen molar-refractivity contribution in [2.75, 3.05) is 22.4 Å². The van der Waals surface area contributed by atoms with E-state index in [-0.39, 0.29) is 16.9 Å². The monoisotopic (exact) mass is 391 g/mol. The van der Waals surface area contributed by atoms with E-state index >= 15 is 0 Å². The average Bonchev–Trinajstić information content (AvgIpc) is 2.59. The van der Waals surface area contributed by atoms with E-state index < -0.39 is 27.4 Å². The summed E-state index contributed by atoms with van der Waals surface area (Å²) in [6.07, 6.45) is 1.82. The SMILES string of the molecule is CCc1ccc(NC(=O)CN(c2cccc([N+](=O)[O-])c2C)S(C)(=O)=O)cc1. The summed E-state index contributed by atoms with van der Waals surface area (Å²) in [4.78, 5) is 22.9. The molecule has 2 aromatic rings. The van der Waals surface area contributed by atoms with Gasteiger partial charge in [0, 0.05) is 11.8 Å². The maximum atomic E-state index is 12.4. The second-order valence-electron chi connectivity index (χ2n) is 6.05. The van der Waals surface area contributed by atoms with Crippen LogP contribution in [0.5, 0.6) is 0 Å². The topological polar surface area (TPSA) is 110 Å². The molecule has 0 fully saturated rings. The summed E-state index contributed by atoms with van der Waals surface area (Å²) in [7, 11) is -3.83. The molecule has 1 N–H and O–H groups in total. The highest BCUT2D eigenvalue weighted by Gasteiger charge is 2.25. The molecule has 0 heterocycles. The van der Waals surface area contributed by atoms with Gasteiger partial charge >= 0.3 is 0 Å². The number of amides is 1. The van der Waals surface area contributed by atoms with Gasteiger partial charge in [0.25, 0.3) is 5.69 Å². The summed E-state index contributed by atoms with van der Waals surface area (Å²) in [6.45, 7) is 2.97. The maximum Gasteiger partial charge on any atom is 0.274 e. The summed E-state index contributed by atoms with van der Waals surface area (Å²) >= 11 is 0. The van der Waals surface area contributed by atoms with Gasteiger partial charge < -0.3 is 5.32 Å². The molecule has 0 spiro atoms. The van der Waals surface area contributed by atoms with Crippen molar-refractivity contribution in [1.29, 1.82) is 0 Å². The third kappa shape index (κ3) is 5.04. The summed E-state index contributed by atoms with van der Waals surface area (Å²) in [6, 6.07) is 11.3. The zero-order chi connectivity index (χ0) is 20.2.